The number of carbonyl (C=O) groups excluding carboxylic acids is 1. The van der Waals surface area contributed by atoms with Gasteiger partial charge in [-0.2, -0.15) is 0 Å². The van der Waals surface area contributed by atoms with Crippen molar-refractivity contribution in [2.75, 3.05) is 12.8 Å². The van der Waals surface area contributed by atoms with Crippen LogP contribution in [0.3, 0.4) is 0 Å². The van der Waals surface area contributed by atoms with Crippen LogP contribution in [0.4, 0.5) is 0 Å². The second-order valence-electron chi connectivity index (χ2n) is 3.74. The van der Waals surface area contributed by atoms with Crippen molar-refractivity contribution in [3.05, 3.63) is 17.9 Å². The van der Waals surface area contributed by atoms with E-state index in [4.69, 9.17) is 9.52 Å². The van der Waals surface area contributed by atoms with Gasteiger partial charge in [0.1, 0.15) is 6.54 Å². The summed E-state index contributed by atoms with van der Waals surface area (Å²) in [5, 5.41) is 9.38. The monoisotopic (exact) mass is 257 g/mol. The Morgan fingerprint density at radius 2 is 2.12 bits per heavy atom. The first-order valence-electron chi connectivity index (χ1n) is 5.12. The fourth-order valence-electron chi connectivity index (χ4n) is 1.32. The van der Waals surface area contributed by atoms with E-state index in [1.807, 2.05) is 6.26 Å². The first kappa shape index (κ1) is 13.6. The normalized spacial score (nSPS) is 10.6. The molecule has 0 unspecified atom stereocenters. The Hall–Kier alpha value is -1.43. The van der Waals surface area contributed by atoms with Gasteiger partial charge in [0.05, 0.1) is 0 Å². The molecule has 1 aromatic rings. The van der Waals surface area contributed by atoms with Crippen molar-refractivity contribution in [2.45, 2.75) is 25.0 Å². The molecule has 6 heteroatoms. The van der Waals surface area contributed by atoms with Crippen LogP contribution in [0.1, 0.15) is 24.4 Å². The van der Waals surface area contributed by atoms with Crippen molar-refractivity contribution in [1.82, 2.24) is 4.90 Å². The maximum atomic E-state index is 12.0. The van der Waals surface area contributed by atoms with Crippen LogP contribution in [0.2, 0.25) is 0 Å². The van der Waals surface area contributed by atoms with Gasteiger partial charge < -0.3 is 14.4 Å². The van der Waals surface area contributed by atoms with Gasteiger partial charge in [0.25, 0.3) is 5.91 Å². The molecule has 1 amide bonds. The van der Waals surface area contributed by atoms with E-state index in [2.05, 4.69) is 0 Å². The second kappa shape index (κ2) is 5.77. The molecule has 0 fully saturated rings. The third-order valence-corrected chi connectivity index (χ3v) is 2.80. The predicted octanol–water partition coefficient (Wildman–Crippen LogP) is 1.94. The molecule has 0 aliphatic rings. The molecule has 5 nitrogen and oxygen atoms in total. The summed E-state index contributed by atoms with van der Waals surface area (Å²) in [5.74, 6) is -1.27. The third-order valence-electron chi connectivity index (χ3n) is 2.18. The number of carboxylic acids is 1. The van der Waals surface area contributed by atoms with Crippen molar-refractivity contribution in [2.24, 2.45) is 0 Å². The highest BCUT2D eigenvalue weighted by molar-refractivity contribution is 7.98. The van der Waals surface area contributed by atoms with Gasteiger partial charge >= 0.3 is 5.97 Å². The Bertz CT molecular complexity index is 413. The van der Waals surface area contributed by atoms with Crippen molar-refractivity contribution in [3.63, 3.8) is 0 Å². The van der Waals surface area contributed by atoms with E-state index >= 15 is 0 Å². The average Bonchev–Trinajstić information content (AvgIpc) is 2.72. The summed E-state index contributed by atoms with van der Waals surface area (Å²) in [4.78, 5) is 23.9. The maximum absolute atomic E-state index is 12.0. The number of aliphatic carboxylic acids is 1. The molecule has 0 atom stereocenters. The summed E-state index contributed by atoms with van der Waals surface area (Å²) in [5.41, 5.74) is 0. The van der Waals surface area contributed by atoms with E-state index in [0.29, 0.717) is 5.09 Å². The molecule has 1 aromatic heterocycles. The molecule has 0 spiro atoms. The summed E-state index contributed by atoms with van der Waals surface area (Å²) in [7, 11) is 0. The highest BCUT2D eigenvalue weighted by atomic mass is 32.2. The van der Waals surface area contributed by atoms with Gasteiger partial charge in [-0.25, -0.2) is 0 Å². The zero-order valence-corrected chi connectivity index (χ0v) is 10.8. The molecular formula is C11H15NO4S. The standard InChI is InChI=1S/C11H15NO4S/c1-7(2)12(6-9(13)14)11(15)8-4-5-10(16-8)17-3/h4-5,7H,6H2,1-3H3,(H,13,14). The zero-order chi connectivity index (χ0) is 13.0. The van der Waals surface area contributed by atoms with Gasteiger partial charge in [-0.05, 0) is 32.2 Å². The molecule has 0 aliphatic heterocycles. The molecule has 0 saturated carbocycles. The number of thioether (sulfide) groups is 1. The topological polar surface area (TPSA) is 70.8 Å². The molecule has 1 rings (SSSR count). The Balaban J connectivity index is 2.87. The zero-order valence-electron chi connectivity index (χ0n) is 9.97. The van der Waals surface area contributed by atoms with Crippen LogP contribution in [-0.2, 0) is 4.79 Å². The molecule has 94 valence electrons. The lowest BCUT2D eigenvalue weighted by Crippen LogP contribution is -2.40. The van der Waals surface area contributed by atoms with Crippen LogP contribution in [-0.4, -0.2) is 40.7 Å². The number of hydrogen-bond donors (Lipinski definition) is 1. The van der Waals surface area contributed by atoms with E-state index in [9.17, 15) is 9.59 Å². The van der Waals surface area contributed by atoms with E-state index in [0.717, 1.165) is 0 Å². The number of amides is 1. The molecular weight excluding hydrogens is 242 g/mol. The van der Waals surface area contributed by atoms with Crippen LogP contribution in [0.5, 0.6) is 0 Å². The molecule has 17 heavy (non-hydrogen) atoms. The molecule has 0 saturated heterocycles. The van der Waals surface area contributed by atoms with Gasteiger partial charge in [0.15, 0.2) is 10.9 Å². The van der Waals surface area contributed by atoms with Crippen LogP contribution >= 0.6 is 11.8 Å². The van der Waals surface area contributed by atoms with Crippen molar-refractivity contribution >= 4 is 23.6 Å². The highest BCUT2D eigenvalue weighted by Crippen LogP contribution is 2.19. The number of carboxylic acid groups (broad SMARTS) is 1. The Labute approximate surface area is 104 Å². The van der Waals surface area contributed by atoms with Gasteiger partial charge in [0.2, 0.25) is 0 Å². The molecule has 1 heterocycles. The van der Waals surface area contributed by atoms with Gasteiger partial charge in [0, 0.05) is 6.04 Å². The smallest absolute Gasteiger partial charge is 0.323 e. The van der Waals surface area contributed by atoms with Crippen molar-refractivity contribution in [3.8, 4) is 0 Å². The van der Waals surface area contributed by atoms with Crippen LogP contribution in [0.25, 0.3) is 0 Å². The maximum Gasteiger partial charge on any atom is 0.323 e. The van der Waals surface area contributed by atoms with Crippen molar-refractivity contribution < 1.29 is 19.1 Å². The number of nitrogens with zero attached hydrogens (tertiary/aromatic N) is 1. The fraction of sp³-hybridized carbons (Fsp3) is 0.455. The first-order chi connectivity index (χ1) is 7.95. The minimum absolute atomic E-state index is 0.171. The highest BCUT2D eigenvalue weighted by Gasteiger charge is 2.23. The summed E-state index contributed by atoms with van der Waals surface area (Å²) in [6.07, 6.45) is 1.84. The van der Waals surface area contributed by atoms with Crippen LogP contribution in [0, 0.1) is 0 Å². The van der Waals surface area contributed by atoms with E-state index in [1.165, 1.54) is 16.7 Å². The third kappa shape index (κ3) is 3.52. The summed E-state index contributed by atoms with van der Waals surface area (Å²) in [6.45, 7) is 3.20. The quantitative estimate of drug-likeness (QED) is 0.816. The molecule has 0 bridgehead atoms. The summed E-state index contributed by atoms with van der Waals surface area (Å²) < 4.78 is 5.29. The SMILES string of the molecule is CSc1ccc(C(=O)N(CC(=O)O)C(C)C)o1. The lowest BCUT2D eigenvalue weighted by molar-refractivity contribution is -0.138. The fourth-order valence-corrected chi connectivity index (χ4v) is 1.70. The predicted molar refractivity (Wildman–Crippen MR) is 64.3 cm³/mol. The second-order valence-corrected chi connectivity index (χ2v) is 4.55. The summed E-state index contributed by atoms with van der Waals surface area (Å²) >= 11 is 1.39. The molecule has 0 aromatic carbocycles. The van der Waals surface area contributed by atoms with E-state index in [1.54, 1.807) is 26.0 Å². The number of carbonyl (C=O) groups is 2. The molecule has 1 N–H and O–H groups in total. The van der Waals surface area contributed by atoms with Gasteiger partial charge in [-0.15, -0.1) is 0 Å². The molecule has 0 radical (unpaired) electrons. The number of hydrogen-bond acceptors (Lipinski definition) is 4. The average molecular weight is 257 g/mol. The van der Waals surface area contributed by atoms with E-state index in [-0.39, 0.29) is 18.3 Å². The summed E-state index contributed by atoms with van der Waals surface area (Å²) in [6, 6.07) is 3.06. The Morgan fingerprint density at radius 3 is 2.53 bits per heavy atom. The van der Waals surface area contributed by atoms with Gasteiger partial charge in [-0.1, -0.05) is 11.8 Å². The van der Waals surface area contributed by atoms with Crippen molar-refractivity contribution in [1.29, 1.82) is 0 Å². The first-order valence-corrected chi connectivity index (χ1v) is 6.34. The van der Waals surface area contributed by atoms with Gasteiger partial charge in [-0.3, -0.25) is 9.59 Å². The Morgan fingerprint density at radius 1 is 1.47 bits per heavy atom. The van der Waals surface area contributed by atoms with E-state index < -0.39 is 11.9 Å². The minimum Gasteiger partial charge on any atom is -0.480 e. The van der Waals surface area contributed by atoms with Crippen LogP contribution in [0.15, 0.2) is 21.6 Å². The largest absolute Gasteiger partial charge is 0.480 e. The minimum atomic E-state index is -1.04. The molecule has 0 aliphatic carbocycles. The lowest BCUT2D eigenvalue weighted by atomic mass is 10.3. The number of rotatable bonds is 5. The van der Waals surface area contributed by atoms with Crippen LogP contribution < -0.4 is 0 Å². The Kier molecular flexibility index (Phi) is 4.62. The lowest BCUT2D eigenvalue weighted by Gasteiger charge is -2.23. The number of furan rings is 1.